The lowest BCUT2D eigenvalue weighted by atomic mass is 9.55. The number of allylic oxidation sites excluding steroid dienone is 3. The third-order valence-electron chi connectivity index (χ3n) is 5.92. The average Bonchev–Trinajstić information content (AvgIpc) is 3.01. The summed E-state index contributed by atoms with van der Waals surface area (Å²) < 4.78 is 0. The third-order valence-corrected chi connectivity index (χ3v) is 5.92. The fourth-order valence-corrected chi connectivity index (χ4v) is 5.09. The van der Waals surface area contributed by atoms with Gasteiger partial charge in [0.25, 0.3) is 0 Å². The second-order valence-electron chi connectivity index (χ2n) is 8.13. The molecule has 0 unspecified atom stereocenters. The Morgan fingerprint density at radius 3 is 2.58 bits per heavy atom. The number of hydrogen-bond donors (Lipinski definition) is 0. The van der Waals surface area contributed by atoms with Gasteiger partial charge in [-0.05, 0) is 29.4 Å². The molecule has 124 valence electrons. The van der Waals surface area contributed by atoms with Crippen LogP contribution in [0.2, 0.25) is 0 Å². The van der Waals surface area contributed by atoms with Crippen LogP contribution in [0, 0.1) is 5.41 Å². The van der Waals surface area contributed by atoms with E-state index in [1.165, 1.54) is 22.4 Å². The first-order valence-electron chi connectivity index (χ1n) is 9.03. The highest BCUT2D eigenvalue weighted by molar-refractivity contribution is 6.13. The van der Waals surface area contributed by atoms with E-state index in [2.05, 4.69) is 57.2 Å². The minimum Gasteiger partial charge on any atom is -0.294 e. The van der Waals surface area contributed by atoms with Gasteiger partial charge in [0.15, 0.2) is 5.78 Å². The zero-order valence-corrected chi connectivity index (χ0v) is 14.9. The van der Waals surface area contributed by atoms with Crippen molar-refractivity contribution in [2.45, 2.75) is 51.9 Å². The number of nitrogens with zero attached hydrogens (tertiary/aromatic N) is 1. The lowest BCUT2D eigenvalue weighted by molar-refractivity contribution is -0.118. The van der Waals surface area contributed by atoms with E-state index in [1.54, 1.807) is 0 Å². The van der Waals surface area contributed by atoms with Gasteiger partial charge in [-0.15, -0.1) is 0 Å². The third kappa shape index (κ3) is 2.08. The van der Waals surface area contributed by atoms with Crippen LogP contribution in [0.25, 0.3) is 0 Å². The largest absolute Gasteiger partial charge is 0.294 e. The molecule has 4 rings (SSSR count). The molecule has 0 fully saturated rings. The number of Topliss-reactive ketones (excluding diaryl/α,β-unsaturated/α-hetero) is 1. The summed E-state index contributed by atoms with van der Waals surface area (Å²) in [4.78, 5) is 18.0. The highest BCUT2D eigenvalue weighted by atomic mass is 16.1. The molecule has 1 aromatic carbocycles. The molecule has 1 aromatic rings. The van der Waals surface area contributed by atoms with Crippen LogP contribution in [0.5, 0.6) is 0 Å². The van der Waals surface area contributed by atoms with Crippen LogP contribution >= 0.6 is 0 Å². The molecule has 0 bridgehead atoms. The number of carbonyl (C=O) groups excluding carboxylic acids is 1. The molecule has 0 aromatic heterocycles. The first-order valence-corrected chi connectivity index (χ1v) is 9.03. The van der Waals surface area contributed by atoms with Crippen LogP contribution in [0.15, 0.2) is 58.1 Å². The second-order valence-corrected chi connectivity index (χ2v) is 8.13. The minimum absolute atomic E-state index is 0.0620. The molecule has 0 saturated carbocycles. The number of aliphatic imine (C=N–C) groups is 1. The molecule has 0 spiro atoms. The van der Waals surface area contributed by atoms with Crippen molar-refractivity contribution in [2.75, 3.05) is 6.54 Å². The lowest BCUT2D eigenvalue weighted by Gasteiger charge is -2.46. The van der Waals surface area contributed by atoms with Gasteiger partial charge in [0.05, 0.1) is 6.54 Å². The Hall–Kier alpha value is -1.96. The molecule has 0 radical (unpaired) electrons. The molecule has 2 heteroatoms. The maximum atomic E-state index is 13.3. The highest BCUT2D eigenvalue weighted by Crippen LogP contribution is 2.54. The summed E-state index contributed by atoms with van der Waals surface area (Å²) in [6.07, 6.45) is 5.69. The van der Waals surface area contributed by atoms with E-state index >= 15 is 0 Å². The lowest BCUT2D eigenvalue weighted by Crippen LogP contribution is -2.44. The van der Waals surface area contributed by atoms with E-state index in [9.17, 15) is 4.79 Å². The monoisotopic (exact) mass is 319 g/mol. The number of hydrogen-bond acceptors (Lipinski definition) is 2. The smallest absolute Gasteiger partial charge is 0.160 e. The Morgan fingerprint density at radius 1 is 1.12 bits per heavy atom. The zero-order valence-electron chi connectivity index (χ0n) is 14.9. The van der Waals surface area contributed by atoms with E-state index < -0.39 is 0 Å². The van der Waals surface area contributed by atoms with Crippen LogP contribution in [-0.4, -0.2) is 18.0 Å². The molecule has 0 saturated heterocycles. The predicted molar refractivity (Wildman–Crippen MR) is 98.5 cm³/mol. The summed E-state index contributed by atoms with van der Waals surface area (Å²) >= 11 is 0. The SMILES string of the molecule is CC[C@]1(c2ccccc2)C2=CCN=C2CC2=C1C(=O)CC(C)(C)C2. The van der Waals surface area contributed by atoms with Crippen molar-refractivity contribution in [1.29, 1.82) is 0 Å². The van der Waals surface area contributed by atoms with Crippen molar-refractivity contribution in [2.24, 2.45) is 10.4 Å². The standard InChI is InChI=1S/C22H25NO/c1-4-22(16-8-6-5-7-9-16)17-10-11-23-18(17)12-15-13-21(2,3)14-19(24)20(15)22/h5-10H,4,11-14H2,1-3H3/t22-/m0/s1. The summed E-state index contributed by atoms with van der Waals surface area (Å²) in [5.74, 6) is 0.346. The maximum Gasteiger partial charge on any atom is 0.160 e. The van der Waals surface area contributed by atoms with Gasteiger partial charge in [-0.2, -0.15) is 0 Å². The Morgan fingerprint density at radius 2 is 1.88 bits per heavy atom. The Balaban J connectivity index is 2.01. The van der Waals surface area contributed by atoms with Crippen LogP contribution in [0.1, 0.15) is 52.0 Å². The molecule has 1 atom stereocenters. The maximum absolute atomic E-state index is 13.3. The van der Waals surface area contributed by atoms with Crippen LogP contribution in [-0.2, 0) is 10.2 Å². The van der Waals surface area contributed by atoms with Gasteiger partial charge >= 0.3 is 0 Å². The molecule has 1 aliphatic heterocycles. The Labute approximate surface area is 144 Å². The van der Waals surface area contributed by atoms with E-state index in [0.717, 1.165) is 31.4 Å². The summed E-state index contributed by atoms with van der Waals surface area (Å²) in [7, 11) is 0. The average molecular weight is 319 g/mol. The second kappa shape index (κ2) is 5.27. The van der Waals surface area contributed by atoms with Gasteiger partial charge in [0, 0.05) is 29.5 Å². The van der Waals surface area contributed by atoms with Crippen LogP contribution in [0.3, 0.4) is 0 Å². The summed E-state index contributed by atoms with van der Waals surface area (Å²) in [5, 5.41) is 0. The van der Waals surface area contributed by atoms with Crippen LogP contribution < -0.4 is 0 Å². The van der Waals surface area contributed by atoms with Gasteiger partial charge in [-0.25, -0.2) is 0 Å². The van der Waals surface area contributed by atoms with Gasteiger partial charge in [-0.3, -0.25) is 9.79 Å². The number of carbonyl (C=O) groups is 1. The summed E-state index contributed by atoms with van der Waals surface area (Å²) in [6, 6.07) is 10.6. The number of benzene rings is 1. The Kier molecular flexibility index (Phi) is 3.42. The van der Waals surface area contributed by atoms with Crippen LogP contribution in [0.4, 0.5) is 0 Å². The van der Waals surface area contributed by atoms with Gasteiger partial charge < -0.3 is 0 Å². The zero-order chi connectivity index (χ0) is 16.9. The predicted octanol–water partition coefficient (Wildman–Crippen LogP) is 4.80. The highest BCUT2D eigenvalue weighted by Gasteiger charge is 2.50. The number of fused-ring (bicyclic) bond motifs is 1. The minimum atomic E-state index is -0.294. The topological polar surface area (TPSA) is 29.4 Å². The quantitative estimate of drug-likeness (QED) is 0.769. The van der Waals surface area contributed by atoms with Crippen molar-refractivity contribution in [3.63, 3.8) is 0 Å². The molecular weight excluding hydrogens is 294 g/mol. The Bertz CT molecular complexity index is 795. The van der Waals surface area contributed by atoms with E-state index in [1.807, 2.05) is 0 Å². The van der Waals surface area contributed by atoms with Crippen molar-refractivity contribution in [3.05, 3.63) is 58.7 Å². The van der Waals surface area contributed by atoms with E-state index in [4.69, 9.17) is 4.99 Å². The number of ketones is 1. The van der Waals surface area contributed by atoms with Gasteiger partial charge in [0.2, 0.25) is 0 Å². The van der Waals surface area contributed by atoms with Crippen molar-refractivity contribution in [1.82, 2.24) is 0 Å². The molecule has 2 aliphatic carbocycles. The van der Waals surface area contributed by atoms with Gasteiger partial charge in [0.1, 0.15) is 0 Å². The van der Waals surface area contributed by atoms with Crippen molar-refractivity contribution < 1.29 is 4.79 Å². The molecule has 24 heavy (non-hydrogen) atoms. The normalized spacial score (nSPS) is 28.2. The molecule has 3 aliphatic rings. The fraction of sp³-hybridized carbons (Fsp3) is 0.455. The number of rotatable bonds is 2. The first-order chi connectivity index (χ1) is 11.5. The van der Waals surface area contributed by atoms with Gasteiger partial charge in [-0.1, -0.05) is 62.8 Å². The summed E-state index contributed by atoms with van der Waals surface area (Å²) in [5.41, 5.74) is 5.94. The molecule has 1 heterocycles. The molecule has 0 N–H and O–H groups in total. The first kappa shape index (κ1) is 15.6. The van der Waals surface area contributed by atoms with Crippen molar-refractivity contribution >= 4 is 11.5 Å². The van der Waals surface area contributed by atoms with E-state index in [-0.39, 0.29) is 10.8 Å². The summed E-state index contributed by atoms with van der Waals surface area (Å²) in [6.45, 7) is 7.41. The fourth-order valence-electron chi connectivity index (χ4n) is 5.09. The van der Waals surface area contributed by atoms with E-state index in [0.29, 0.717) is 12.2 Å². The van der Waals surface area contributed by atoms with Crippen molar-refractivity contribution in [3.8, 4) is 0 Å². The molecule has 0 amide bonds. The molecule has 2 nitrogen and oxygen atoms in total. The molecular formula is C22H25NO.